The van der Waals surface area contributed by atoms with Gasteiger partial charge in [0.05, 0.1) is 12.8 Å². The zero-order valence-corrected chi connectivity index (χ0v) is 6.96. The third kappa shape index (κ3) is 4.21. The molecule has 0 radical (unpaired) electrons. The minimum absolute atomic E-state index is 0.417. The lowest BCUT2D eigenvalue weighted by molar-refractivity contribution is -0.426. The van der Waals surface area contributed by atoms with E-state index in [-0.39, 0.29) is 0 Å². The molecule has 0 saturated carbocycles. The van der Waals surface area contributed by atoms with E-state index in [4.69, 9.17) is 0 Å². The molecule has 0 spiro atoms. The van der Waals surface area contributed by atoms with E-state index in [2.05, 4.69) is 30.9 Å². The van der Waals surface area contributed by atoms with Gasteiger partial charge < -0.3 is 0 Å². The molecule has 0 atom stereocenters. The Hall–Kier alpha value is -0.700. The van der Waals surface area contributed by atoms with Crippen molar-refractivity contribution in [3.8, 4) is 0 Å². The lowest BCUT2D eigenvalue weighted by Gasteiger charge is -1.98. The van der Waals surface area contributed by atoms with Crippen LogP contribution in [0.15, 0.2) is 4.99 Å². The molecule has 0 aliphatic carbocycles. The average Bonchev–Trinajstić information content (AvgIpc) is 1.88. The summed E-state index contributed by atoms with van der Waals surface area (Å²) in [5, 5.41) is 2.91. The summed E-state index contributed by atoms with van der Waals surface area (Å²) in [7, 11) is 1.86. The highest BCUT2D eigenvalue weighted by molar-refractivity contribution is 5.47. The quantitative estimate of drug-likeness (QED) is 0.341. The third-order valence-electron chi connectivity index (χ3n) is 1.14. The smallest absolute Gasteiger partial charge is 0.281 e. The zero-order chi connectivity index (χ0) is 7.98. The number of rotatable bonds is 4. The standard InChI is InChI=1S/C7H16N3/c1-7(2)10(4)6-9-5-8-3/h6-8H,4-5H2,1-3H3/q+1. The van der Waals surface area contributed by atoms with E-state index in [0.29, 0.717) is 12.7 Å². The molecule has 58 valence electrons. The Morgan fingerprint density at radius 3 is 2.70 bits per heavy atom. The molecule has 0 rings (SSSR count). The summed E-state index contributed by atoms with van der Waals surface area (Å²) in [6.45, 7) is 8.55. The van der Waals surface area contributed by atoms with Gasteiger partial charge in [-0.25, -0.2) is 4.58 Å². The van der Waals surface area contributed by atoms with Crippen LogP contribution in [0.5, 0.6) is 0 Å². The molecule has 0 heterocycles. The lowest BCUT2D eigenvalue weighted by atomic mass is 10.4. The molecule has 3 heteroatoms. The first-order chi connectivity index (χ1) is 4.68. The largest absolute Gasteiger partial charge is 0.281 e. The van der Waals surface area contributed by atoms with Gasteiger partial charge in [-0.2, -0.15) is 0 Å². The Labute approximate surface area is 62.5 Å². The fourth-order valence-corrected chi connectivity index (χ4v) is 0.370. The lowest BCUT2D eigenvalue weighted by Crippen LogP contribution is -2.17. The minimum Gasteiger partial charge on any atom is -0.281 e. The van der Waals surface area contributed by atoms with Gasteiger partial charge in [-0.3, -0.25) is 5.32 Å². The predicted molar refractivity (Wildman–Crippen MR) is 44.9 cm³/mol. The minimum atomic E-state index is 0.417. The molecule has 0 aliphatic rings. The van der Waals surface area contributed by atoms with Gasteiger partial charge in [0, 0.05) is 0 Å². The average molecular weight is 142 g/mol. The highest BCUT2D eigenvalue weighted by Gasteiger charge is 1.97. The van der Waals surface area contributed by atoms with Crippen molar-refractivity contribution in [1.82, 2.24) is 5.32 Å². The van der Waals surface area contributed by atoms with Crippen LogP contribution in [0.4, 0.5) is 0 Å². The molecule has 0 fully saturated rings. The van der Waals surface area contributed by atoms with Crippen LogP contribution in [0.25, 0.3) is 0 Å². The molecule has 10 heavy (non-hydrogen) atoms. The first-order valence-corrected chi connectivity index (χ1v) is 3.42. The van der Waals surface area contributed by atoms with Crippen LogP contribution in [0, 0.1) is 0 Å². The van der Waals surface area contributed by atoms with Crippen LogP contribution in [-0.4, -0.2) is 37.4 Å². The van der Waals surface area contributed by atoms with Crippen molar-refractivity contribution in [2.75, 3.05) is 13.7 Å². The van der Waals surface area contributed by atoms with Gasteiger partial charge in [0.25, 0.3) is 6.34 Å². The molecule has 0 aliphatic heterocycles. The second kappa shape index (κ2) is 5.11. The van der Waals surface area contributed by atoms with E-state index < -0.39 is 0 Å². The second-order valence-corrected chi connectivity index (χ2v) is 2.42. The van der Waals surface area contributed by atoms with Crippen molar-refractivity contribution >= 4 is 13.1 Å². The Morgan fingerprint density at radius 2 is 2.30 bits per heavy atom. The van der Waals surface area contributed by atoms with Crippen molar-refractivity contribution in [1.29, 1.82) is 0 Å². The first kappa shape index (κ1) is 9.30. The Kier molecular flexibility index (Phi) is 4.76. The third-order valence-corrected chi connectivity index (χ3v) is 1.14. The maximum atomic E-state index is 4.04. The van der Waals surface area contributed by atoms with Gasteiger partial charge in [-0.1, -0.05) is 4.99 Å². The maximum Gasteiger partial charge on any atom is 0.281 e. The van der Waals surface area contributed by atoms with E-state index in [9.17, 15) is 0 Å². The molecular formula is C7H16N3+. The highest BCUT2D eigenvalue weighted by Crippen LogP contribution is 1.80. The molecule has 0 bridgehead atoms. The number of nitrogens with zero attached hydrogens (tertiary/aromatic N) is 2. The summed E-state index contributed by atoms with van der Waals surface area (Å²) in [5.41, 5.74) is 0. The molecule has 0 aromatic rings. The van der Waals surface area contributed by atoms with Crippen molar-refractivity contribution in [2.45, 2.75) is 19.9 Å². The normalized spacial score (nSPS) is 11.2. The van der Waals surface area contributed by atoms with Crippen LogP contribution >= 0.6 is 0 Å². The SMILES string of the molecule is C=[N+](C=NCNC)C(C)C. The summed E-state index contributed by atoms with van der Waals surface area (Å²) < 4.78 is 1.82. The summed E-state index contributed by atoms with van der Waals surface area (Å²) in [6.07, 6.45) is 1.74. The number of hydrogen-bond donors (Lipinski definition) is 1. The predicted octanol–water partition coefficient (Wildman–Crippen LogP) is 0.313. The highest BCUT2D eigenvalue weighted by atomic mass is 15.1. The van der Waals surface area contributed by atoms with Crippen molar-refractivity contribution in [3.63, 3.8) is 0 Å². The van der Waals surface area contributed by atoms with Crippen LogP contribution in [0.2, 0.25) is 0 Å². The summed E-state index contributed by atoms with van der Waals surface area (Å²) in [4.78, 5) is 4.04. The number of aliphatic imine (C=N–C) groups is 1. The van der Waals surface area contributed by atoms with Gasteiger partial charge in [-0.05, 0) is 20.9 Å². The van der Waals surface area contributed by atoms with Crippen LogP contribution in [-0.2, 0) is 0 Å². The van der Waals surface area contributed by atoms with E-state index in [1.807, 2.05) is 11.6 Å². The topological polar surface area (TPSA) is 27.4 Å². The fourth-order valence-electron chi connectivity index (χ4n) is 0.370. The van der Waals surface area contributed by atoms with Crippen LogP contribution in [0.3, 0.4) is 0 Å². The second-order valence-electron chi connectivity index (χ2n) is 2.42. The summed E-state index contributed by atoms with van der Waals surface area (Å²) in [5.74, 6) is 0. The Morgan fingerprint density at radius 1 is 1.70 bits per heavy atom. The van der Waals surface area contributed by atoms with Gasteiger partial charge >= 0.3 is 0 Å². The van der Waals surface area contributed by atoms with Crippen molar-refractivity contribution in [3.05, 3.63) is 0 Å². The van der Waals surface area contributed by atoms with Gasteiger partial charge in [0.15, 0.2) is 6.67 Å². The molecule has 0 amide bonds. The van der Waals surface area contributed by atoms with Crippen molar-refractivity contribution < 1.29 is 4.58 Å². The molecule has 0 aromatic heterocycles. The first-order valence-electron chi connectivity index (χ1n) is 3.42. The van der Waals surface area contributed by atoms with Gasteiger partial charge in [0.1, 0.15) is 0 Å². The molecule has 0 unspecified atom stereocenters. The Balaban J connectivity index is 3.56. The van der Waals surface area contributed by atoms with E-state index in [0.717, 1.165) is 0 Å². The molecule has 3 nitrogen and oxygen atoms in total. The van der Waals surface area contributed by atoms with Gasteiger partial charge in [-0.15, -0.1) is 0 Å². The molecule has 0 aromatic carbocycles. The van der Waals surface area contributed by atoms with Crippen LogP contribution < -0.4 is 5.32 Å². The molecule has 0 saturated heterocycles. The zero-order valence-electron chi connectivity index (χ0n) is 6.96. The van der Waals surface area contributed by atoms with Gasteiger partial charge in [0.2, 0.25) is 0 Å². The van der Waals surface area contributed by atoms with Crippen molar-refractivity contribution in [2.24, 2.45) is 4.99 Å². The van der Waals surface area contributed by atoms with E-state index in [1.54, 1.807) is 6.34 Å². The fraction of sp³-hybridized carbons (Fsp3) is 0.714. The Bertz CT molecular complexity index is 127. The number of hydrogen-bond acceptors (Lipinski definition) is 2. The monoisotopic (exact) mass is 142 g/mol. The van der Waals surface area contributed by atoms with E-state index >= 15 is 0 Å². The van der Waals surface area contributed by atoms with Crippen LogP contribution in [0.1, 0.15) is 13.8 Å². The molecule has 1 N–H and O–H groups in total. The number of nitrogens with one attached hydrogen (secondary N) is 1. The summed E-state index contributed by atoms with van der Waals surface area (Å²) in [6, 6.07) is 0.417. The molecular weight excluding hydrogens is 126 g/mol. The summed E-state index contributed by atoms with van der Waals surface area (Å²) >= 11 is 0. The maximum absolute atomic E-state index is 4.04. The van der Waals surface area contributed by atoms with E-state index in [1.165, 1.54) is 0 Å².